The molecule has 5 nitrogen and oxygen atoms in total. The van der Waals surface area contributed by atoms with Gasteiger partial charge in [0.05, 0.1) is 0 Å². The van der Waals surface area contributed by atoms with Crippen LogP contribution in [0, 0.1) is 11.9 Å². The van der Waals surface area contributed by atoms with E-state index in [1.165, 1.54) is 11.6 Å². The summed E-state index contributed by atoms with van der Waals surface area (Å²) in [5.74, 6) is 0.623. The molecule has 0 spiro atoms. The molecule has 3 aromatic rings. The molecule has 5 rings (SSSR count). The van der Waals surface area contributed by atoms with E-state index >= 15 is 0 Å². The van der Waals surface area contributed by atoms with E-state index < -0.39 is 5.95 Å². The standard InChI is InChI=1S/C27H25FN2O3/c28-25-9-7-21(16-29-25)26(18-4-2-1-3-5-18)19-10-12-30(13-11-19)27(32)20-6-8-24-22(14-20)15-23(31)17-33-24/h1-9,14,16,19,26H,10-13,15,17H2/t26-/m1/s1. The second kappa shape index (κ2) is 9.14. The molecule has 1 aromatic heterocycles. The Morgan fingerprint density at radius 3 is 2.55 bits per heavy atom. The molecule has 2 aromatic carbocycles. The van der Waals surface area contributed by atoms with E-state index in [-0.39, 0.29) is 24.2 Å². The lowest BCUT2D eigenvalue weighted by atomic mass is 9.76. The van der Waals surface area contributed by atoms with Crippen molar-refractivity contribution in [3.63, 3.8) is 0 Å². The number of benzene rings is 2. The minimum atomic E-state index is -0.483. The van der Waals surface area contributed by atoms with Crippen LogP contribution in [0.3, 0.4) is 0 Å². The summed E-state index contributed by atoms with van der Waals surface area (Å²) >= 11 is 0. The van der Waals surface area contributed by atoms with E-state index in [4.69, 9.17) is 4.74 Å². The number of nitrogens with zero attached hydrogens (tertiary/aromatic N) is 2. The van der Waals surface area contributed by atoms with Crippen LogP contribution in [0.15, 0.2) is 66.9 Å². The molecule has 0 N–H and O–H groups in total. The van der Waals surface area contributed by atoms with Crippen molar-refractivity contribution in [2.75, 3.05) is 19.7 Å². The number of amides is 1. The average molecular weight is 445 g/mol. The highest BCUT2D eigenvalue weighted by Crippen LogP contribution is 2.38. The number of likely N-dealkylation sites (tertiary alicyclic amines) is 1. The Kier molecular flexibility index (Phi) is 5.90. The summed E-state index contributed by atoms with van der Waals surface area (Å²) in [6.45, 7) is 1.39. The summed E-state index contributed by atoms with van der Waals surface area (Å²) < 4.78 is 18.9. The van der Waals surface area contributed by atoms with Crippen molar-refractivity contribution in [3.8, 4) is 5.75 Å². The summed E-state index contributed by atoms with van der Waals surface area (Å²) in [6, 6.07) is 18.8. The largest absolute Gasteiger partial charge is 0.486 e. The van der Waals surface area contributed by atoms with Crippen molar-refractivity contribution in [2.45, 2.75) is 25.2 Å². The molecule has 168 valence electrons. The van der Waals surface area contributed by atoms with Crippen LogP contribution in [0.4, 0.5) is 4.39 Å². The maximum Gasteiger partial charge on any atom is 0.253 e. The fourth-order valence-corrected chi connectivity index (χ4v) is 5.00. The summed E-state index contributed by atoms with van der Waals surface area (Å²) in [6.07, 6.45) is 3.62. The van der Waals surface area contributed by atoms with Crippen LogP contribution >= 0.6 is 0 Å². The third kappa shape index (κ3) is 4.51. The molecule has 0 unspecified atom stereocenters. The SMILES string of the molecule is O=C1COc2ccc(C(=O)N3CCC([C@@H](c4ccccc4)c4ccc(F)nc4)CC3)cc2C1. The topological polar surface area (TPSA) is 59.5 Å². The zero-order valence-corrected chi connectivity index (χ0v) is 18.2. The van der Waals surface area contributed by atoms with E-state index in [1.807, 2.05) is 29.2 Å². The van der Waals surface area contributed by atoms with Crippen molar-refractivity contribution >= 4 is 11.7 Å². The third-order valence-electron chi connectivity index (χ3n) is 6.65. The molecule has 0 saturated carbocycles. The van der Waals surface area contributed by atoms with Gasteiger partial charge < -0.3 is 9.64 Å². The summed E-state index contributed by atoms with van der Waals surface area (Å²) in [5.41, 5.74) is 3.54. The highest BCUT2D eigenvalue weighted by atomic mass is 19.1. The van der Waals surface area contributed by atoms with E-state index in [2.05, 4.69) is 17.1 Å². The van der Waals surface area contributed by atoms with Gasteiger partial charge in [-0.3, -0.25) is 9.59 Å². The number of piperidine rings is 1. The minimum absolute atomic E-state index is 0.0195. The number of hydrogen-bond donors (Lipinski definition) is 0. The molecule has 2 aliphatic heterocycles. The maximum absolute atomic E-state index is 13.4. The highest BCUT2D eigenvalue weighted by molar-refractivity contribution is 5.95. The molecule has 1 atom stereocenters. The normalized spacial score (nSPS) is 17.2. The maximum atomic E-state index is 13.4. The molecule has 0 aliphatic carbocycles. The monoisotopic (exact) mass is 444 g/mol. The van der Waals surface area contributed by atoms with Crippen LogP contribution < -0.4 is 4.74 Å². The van der Waals surface area contributed by atoms with E-state index in [9.17, 15) is 14.0 Å². The first-order chi connectivity index (χ1) is 16.1. The van der Waals surface area contributed by atoms with Gasteiger partial charge in [-0.2, -0.15) is 4.39 Å². The first-order valence-corrected chi connectivity index (χ1v) is 11.3. The predicted molar refractivity (Wildman–Crippen MR) is 122 cm³/mol. The molecular weight excluding hydrogens is 419 g/mol. The van der Waals surface area contributed by atoms with Crippen LogP contribution in [0.5, 0.6) is 5.75 Å². The minimum Gasteiger partial charge on any atom is -0.486 e. The van der Waals surface area contributed by atoms with Crippen LogP contribution in [0.25, 0.3) is 0 Å². The van der Waals surface area contributed by atoms with Gasteiger partial charge in [0.15, 0.2) is 5.78 Å². The predicted octanol–water partition coefficient (Wildman–Crippen LogP) is 4.41. The number of Topliss-reactive ketones (excluding diaryl/α,β-unsaturated/α-hetero) is 1. The molecule has 0 radical (unpaired) electrons. The molecule has 1 fully saturated rings. The second-order valence-corrected chi connectivity index (χ2v) is 8.76. The Bertz CT molecular complexity index is 1160. The third-order valence-corrected chi connectivity index (χ3v) is 6.65. The number of rotatable bonds is 4. The number of pyridine rings is 1. The Morgan fingerprint density at radius 2 is 1.82 bits per heavy atom. The summed E-state index contributed by atoms with van der Waals surface area (Å²) in [5, 5.41) is 0. The van der Waals surface area contributed by atoms with Crippen LogP contribution in [0.1, 0.15) is 45.8 Å². The van der Waals surface area contributed by atoms with E-state index in [0.717, 1.165) is 24.0 Å². The summed E-state index contributed by atoms with van der Waals surface area (Å²) in [4.78, 5) is 30.6. The van der Waals surface area contributed by atoms with Gasteiger partial charge in [-0.1, -0.05) is 36.4 Å². The van der Waals surface area contributed by atoms with E-state index in [1.54, 1.807) is 24.4 Å². The second-order valence-electron chi connectivity index (χ2n) is 8.76. The quantitative estimate of drug-likeness (QED) is 0.560. The number of carbonyl (C=O) groups is 2. The Balaban J connectivity index is 1.32. The number of ketones is 1. The number of fused-ring (bicyclic) bond motifs is 1. The number of carbonyl (C=O) groups excluding carboxylic acids is 2. The lowest BCUT2D eigenvalue weighted by Gasteiger charge is -2.36. The van der Waals surface area contributed by atoms with Gasteiger partial charge in [-0.05, 0) is 54.2 Å². The fourth-order valence-electron chi connectivity index (χ4n) is 5.00. The zero-order valence-electron chi connectivity index (χ0n) is 18.2. The number of hydrogen-bond acceptors (Lipinski definition) is 4. The van der Waals surface area contributed by atoms with Gasteiger partial charge in [0.2, 0.25) is 5.95 Å². The Morgan fingerprint density at radius 1 is 1.03 bits per heavy atom. The highest BCUT2D eigenvalue weighted by Gasteiger charge is 2.31. The van der Waals surface area contributed by atoms with Gasteiger partial charge in [0, 0.05) is 42.8 Å². The van der Waals surface area contributed by atoms with Gasteiger partial charge in [0.1, 0.15) is 12.4 Å². The first kappa shape index (κ1) is 21.3. The van der Waals surface area contributed by atoms with Crippen molar-refractivity contribution in [3.05, 3.63) is 95.1 Å². The zero-order chi connectivity index (χ0) is 22.8. The smallest absolute Gasteiger partial charge is 0.253 e. The van der Waals surface area contributed by atoms with Gasteiger partial charge in [-0.15, -0.1) is 0 Å². The lowest BCUT2D eigenvalue weighted by molar-refractivity contribution is -0.121. The summed E-state index contributed by atoms with van der Waals surface area (Å²) in [7, 11) is 0. The molecule has 2 aliphatic rings. The van der Waals surface area contributed by atoms with Crippen LogP contribution in [0.2, 0.25) is 0 Å². The number of halogens is 1. The van der Waals surface area contributed by atoms with Crippen molar-refractivity contribution in [1.82, 2.24) is 9.88 Å². The van der Waals surface area contributed by atoms with Crippen LogP contribution in [-0.2, 0) is 11.2 Å². The van der Waals surface area contributed by atoms with Gasteiger partial charge >= 0.3 is 0 Å². The van der Waals surface area contributed by atoms with Crippen molar-refractivity contribution in [2.24, 2.45) is 5.92 Å². The number of aromatic nitrogens is 1. The first-order valence-electron chi connectivity index (χ1n) is 11.3. The van der Waals surface area contributed by atoms with Crippen LogP contribution in [-0.4, -0.2) is 41.3 Å². The van der Waals surface area contributed by atoms with E-state index in [0.29, 0.717) is 36.7 Å². The molecule has 0 bridgehead atoms. The van der Waals surface area contributed by atoms with Crippen molar-refractivity contribution < 1.29 is 18.7 Å². The van der Waals surface area contributed by atoms with Crippen molar-refractivity contribution in [1.29, 1.82) is 0 Å². The Labute approximate surface area is 192 Å². The molecule has 1 amide bonds. The van der Waals surface area contributed by atoms with Gasteiger partial charge in [-0.25, -0.2) is 4.98 Å². The van der Waals surface area contributed by atoms with Gasteiger partial charge in [0.25, 0.3) is 5.91 Å². The molecule has 6 heteroatoms. The molecule has 1 saturated heterocycles. The Hall–Kier alpha value is -3.54. The molecule has 33 heavy (non-hydrogen) atoms. The molecule has 3 heterocycles. The average Bonchev–Trinajstić information content (AvgIpc) is 2.85. The lowest BCUT2D eigenvalue weighted by Crippen LogP contribution is -2.40. The number of ether oxygens (including phenoxy) is 1. The fraction of sp³-hybridized carbons (Fsp3) is 0.296. The molecular formula is C27H25FN2O3.